The first-order chi connectivity index (χ1) is 12.3. The lowest BCUT2D eigenvalue weighted by molar-refractivity contribution is -0.136. The van der Waals surface area contributed by atoms with Gasteiger partial charge in [-0.1, -0.05) is 44.2 Å². The van der Waals surface area contributed by atoms with Crippen LogP contribution in [0.1, 0.15) is 36.5 Å². The lowest BCUT2D eigenvalue weighted by Crippen LogP contribution is -2.40. The summed E-state index contributed by atoms with van der Waals surface area (Å²) in [5.41, 5.74) is 3.43. The monoisotopic (exact) mass is 351 g/mol. The number of hydrogen-bond acceptors (Lipinski definition) is 3. The number of carboxylic acid groups (broad SMARTS) is 1. The topological polar surface area (TPSA) is 66.8 Å². The lowest BCUT2D eigenvalue weighted by atomic mass is 10.0. The van der Waals surface area contributed by atoms with Crippen LogP contribution < -0.4 is 9.64 Å². The molecule has 0 aromatic heterocycles. The van der Waals surface area contributed by atoms with Crippen molar-refractivity contribution in [3.05, 3.63) is 64.9 Å². The molecule has 0 bridgehead atoms. The van der Waals surface area contributed by atoms with E-state index in [0.29, 0.717) is 17.4 Å². The van der Waals surface area contributed by atoms with Crippen molar-refractivity contribution >= 4 is 23.6 Å². The van der Waals surface area contributed by atoms with E-state index in [2.05, 4.69) is 13.8 Å². The Morgan fingerprint density at radius 1 is 1.19 bits per heavy atom. The third kappa shape index (κ3) is 3.61. The van der Waals surface area contributed by atoms with Crippen molar-refractivity contribution in [2.24, 2.45) is 0 Å². The molecule has 3 rings (SSSR count). The van der Waals surface area contributed by atoms with Crippen molar-refractivity contribution in [1.82, 2.24) is 0 Å². The quantitative estimate of drug-likeness (QED) is 0.847. The summed E-state index contributed by atoms with van der Waals surface area (Å²) in [6.45, 7) is 5.70. The van der Waals surface area contributed by atoms with E-state index in [9.17, 15) is 14.7 Å². The van der Waals surface area contributed by atoms with Crippen LogP contribution in [0.25, 0.3) is 6.08 Å². The molecule has 5 heteroatoms. The molecule has 1 amide bonds. The van der Waals surface area contributed by atoms with Crippen LogP contribution in [-0.4, -0.2) is 23.5 Å². The Labute approximate surface area is 152 Å². The summed E-state index contributed by atoms with van der Waals surface area (Å²) in [5.74, 6) is -0.529. The zero-order valence-corrected chi connectivity index (χ0v) is 15.0. The van der Waals surface area contributed by atoms with Gasteiger partial charge in [0.2, 0.25) is 0 Å². The maximum Gasteiger partial charge on any atom is 0.323 e. The third-order valence-corrected chi connectivity index (χ3v) is 4.28. The predicted octanol–water partition coefficient (Wildman–Crippen LogP) is 3.97. The van der Waals surface area contributed by atoms with Crippen molar-refractivity contribution in [3.8, 4) is 5.75 Å². The lowest BCUT2D eigenvalue weighted by Gasteiger charge is -2.29. The van der Waals surface area contributed by atoms with Gasteiger partial charge in [0.15, 0.2) is 11.5 Å². The number of carbonyl (C=O) groups is 2. The van der Waals surface area contributed by atoms with E-state index in [1.54, 1.807) is 18.2 Å². The zero-order valence-electron chi connectivity index (χ0n) is 15.0. The number of ether oxygens (including phenoxy) is 1. The molecule has 0 aliphatic carbocycles. The molecule has 1 aliphatic rings. The van der Waals surface area contributed by atoms with E-state index < -0.39 is 18.4 Å². The Morgan fingerprint density at radius 3 is 2.50 bits per heavy atom. The number of rotatable bonds is 4. The summed E-state index contributed by atoms with van der Waals surface area (Å²) in [6.07, 6.45) is 1.64. The standard InChI is InChI=1S/C21H21NO4/c1-13(2)16-7-5-15(6-8-16)11-19-21(25)22(12-20(23)24)17-10-14(3)4-9-18(17)26-19/h4-11,13H,12H2,1-3H3,(H,23,24)/b19-11+. The van der Waals surface area contributed by atoms with Crippen molar-refractivity contribution in [1.29, 1.82) is 0 Å². The molecule has 0 atom stereocenters. The van der Waals surface area contributed by atoms with E-state index in [-0.39, 0.29) is 5.76 Å². The molecule has 26 heavy (non-hydrogen) atoms. The maximum atomic E-state index is 12.8. The van der Waals surface area contributed by atoms with E-state index in [0.717, 1.165) is 11.1 Å². The number of carbonyl (C=O) groups excluding carboxylic acids is 1. The molecule has 0 fully saturated rings. The highest BCUT2D eigenvalue weighted by molar-refractivity contribution is 6.11. The van der Waals surface area contributed by atoms with Crippen LogP contribution in [0.3, 0.4) is 0 Å². The van der Waals surface area contributed by atoms with Crippen LogP contribution in [0.5, 0.6) is 5.75 Å². The number of benzene rings is 2. The number of anilines is 1. The molecule has 0 saturated carbocycles. The van der Waals surface area contributed by atoms with Crippen molar-refractivity contribution in [2.75, 3.05) is 11.4 Å². The number of aryl methyl sites for hydroxylation is 1. The number of fused-ring (bicyclic) bond motifs is 1. The summed E-state index contributed by atoms with van der Waals surface area (Å²) in [5, 5.41) is 9.18. The van der Waals surface area contributed by atoms with Gasteiger partial charge >= 0.3 is 5.97 Å². The molecule has 0 unspecified atom stereocenters. The van der Waals surface area contributed by atoms with E-state index in [4.69, 9.17) is 4.74 Å². The SMILES string of the molecule is Cc1ccc2c(c1)N(CC(=O)O)C(=O)/C(=C\c1ccc(C(C)C)cc1)O2. The van der Waals surface area contributed by atoms with E-state index in [1.165, 1.54) is 10.5 Å². The van der Waals surface area contributed by atoms with E-state index >= 15 is 0 Å². The molecule has 1 aliphatic heterocycles. The number of carboxylic acids is 1. The third-order valence-electron chi connectivity index (χ3n) is 4.28. The Kier molecular flexibility index (Phi) is 4.80. The number of nitrogens with zero attached hydrogens (tertiary/aromatic N) is 1. The molecular formula is C21H21NO4. The second kappa shape index (κ2) is 7.04. The Morgan fingerprint density at radius 2 is 1.88 bits per heavy atom. The van der Waals surface area contributed by atoms with Gasteiger partial charge in [-0.25, -0.2) is 0 Å². The second-order valence-electron chi connectivity index (χ2n) is 6.69. The summed E-state index contributed by atoms with van der Waals surface area (Å²) in [7, 11) is 0. The largest absolute Gasteiger partial charge is 0.480 e. The fourth-order valence-electron chi connectivity index (χ4n) is 2.84. The summed E-state index contributed by atoms with van der Waals surface area (Å²) in [4.78, 5) is 25.2. The van der Waals surface area contributed by atoms with Gasteiger partial charge in [-0.05, 0) is 47.7 Å². The normalized spacial score (nSPS) is 15.2. The molecule has 1 heterocycles. The summed E-state index contributed by atoms with van der Waals surface area (Å²) in [6, 6.07) is 13.2. The molecule has 2 aromatic rings. The fraction of sp³-hybridized carbons (Fsp3) is 0.238. The Hall–Kier alpha value is -3.08. The van der Waals surface area contributed by atoms with Crippen LogP contribution in [0.2, 0.25) is 0 Å². The highest BCUT2D eigenvalue weighted by atomic mass is 16.5. The highest BCUT2D eigenvalue weighted by Gasteiger charge is 2.31. The van der Waals surface area contributed by atoms with E-state index in [1.807, 2.05) is 37.3 Å². The highest BCUT2D eigenvalue weighted by Crippen LogP contribution is 2.36. The fourth-order valence-corrected chi connectivity index (χ4v) is 2.84. The smallest absolute Gasteiger partial charge is 0.323 e. The first kappa shape index (κ1) is 17.7. The van der Waals surface area contributed by atoms with Gasteiger partial charge in [0.25, 0.3) is 5.91 Å². The van der Waals surface area contributed by atoms with Crippen molar-refractivity contribution in [3.63, 3.8) is 0 Å². The second-order valence-corrected chi connectivity index (χ2v) is 6.69. The average molecular weight is 351 g/mol. The molecule has 5 nitrogen and oxygen atoms in total. The Balaban J connectivity index is 1.99. The first-order valence-electron chi connectivity index (χ1n) is 8.49. The average Bonchev–Trinajstić information content (AvgIpc) is 2.59. The van der Waals surface area contributed by atoms with Gasteiger partial charge in [0.1, 0.15) is 6.54 Å². The molecule has 134 valence electrons. The minimum Gasteiger partial charge on any atom is -0.480 e. The van der Waals surface area contributed by atoms with Crippen molar-refractivity contribution < 1.29 is 19.4 Å². The van der Waals surface area contributed by atoms with Gasteiger partial charge in [-0.2, -0.15) is 0 Å². The van der Waals surface area contributed by atoms with Gasteiger partial charge in [-0.15, -0.1) is 0 Å². The molecule has 0 spiro atoms. The van der Waals surface area contributed by atoms with Crippen molar-refractivity contribution in [2.45, 2.75) is 26.7 Å². The van der Waals surface area contributed by atoms with Gasteiger partial charge in [-0.3, -0.25) is 14.5 Å². The van der Waals surface area contributed by atoms with Gasteiger partial charge in [0, 0.05) is 0 Å². The Bertz CT molecular complexity index is 881. The van der Waals surface area contributed by atoms with Gasteiger partial charge in [0.05, 0.1) is 5.69 Å². The molecule has 1 N–H and O–H groups in total. The van der Waals surface area contributed by atoms with Crippen LogP contribution in [0.4, 0.5) is 5.69 Å². The number of aliphatic carboxylic acids is 1. The zero-order chi connectivity index (χ0) is 18.8. The molecule has 0 radical (unpaired) electrons. The number of hydrogen-bond donors (Lipinski definition) is 1. The summed E-state index contributed by atoms with van der Waals surface area (Å²) < 4.78 is 5.77. The summed E-state index contributed by atoms with van der Waals surface area (Å²) >= 11 is 0. The minimum atomic E-state index is -1.08. The van der Waals surface area contributed by atoms with Crippen LogP contribution in [-0.2, 0) is 9.59 Å². The predicted molar refractivity (Wildman–Crippen MR) is 100 cm³/mol. The maximum absolute atomic E-state index is 12.8. The minimum absolute atomic E-state index is 0.111. The van der Waals surface area contributed by atoms with Crippen LogP contribution in [0.15, 0.2) is 48.2 Å². The molecule has 2 aromatic carbocycles. The first-order valence-corrected chi connectivity index (χ1v) is 8.49. The van der Waals surface area contributed by atoms with Crippen LogP contribution in [0, 0.1) is 6.92 Å². The van der Waals surface area contributed by atoms with Gasteiger partial charge < -0.3 is 9.84 Å². The molecular weight excluding hydrogens is 330 g/mol. The number of amides is 1. The van der Waals surface area contributed by atoms with Crippen LogP contribution >= 0.6 is 0 Å². The molecule has 0 saturated heterocycles.